The van der Waals surface area contributed by atoms with Crippen LogP contribution in [0.2, 0.25) is 0 Å². The fraction of sp³-hybridized carbons (Fsp3) is 0.0145. The quantitative estimate of drug-likeness (QED) is 0.138. The third-order valence-corrected chi connectivity index (χ3v) is 15.0. The molecule has 0 aliphatic heterocycles. The van der Waals surface area contributed by atoms with Gasteiger partial charge in [-0.15, -0.1) is 0 Å². The number of benzene rings is 12. The molecular formula is C69H46N2. The van der Waals surface area contributed by atoms with Gasteiger partial charge in [0.05, 0.1) is 22.1 Å². The van der Waals surface area contributed by atoms with Gasteiger partial charge in [-0.05, 0) is 138 Å². The molecule has 71 heavy (non-hydrogen) atoms. The van der Waals surface area contributed by atoms with Crippen LogP contribution >= 0.6 is 0 Å². The van der Waals surface area contributed by atoms with Crippen molar-refractivity contribution in [2.24, 2.45) is 0 Å². The molecule has 12 aromatic carbocycles. The smallest absolute Gasteiger partial charge is 0.0714 e. The molecule has 0 spiro atoms. The molecule has 0 amide bonds. The fourth-order valence-corrected chi connectivity index (χ4v) is 12.0. The monoisotopic (exact) mass is 902 g/mol. The van der Waals surface area contributed by atoms with Gasteiger partial charge >= 0.3 is 0 Å². The molecule has 0 atom stereocenters. The van der Waals surface area contributed by atoms with Crippen molar-refractivity contribution in [1.29, 1.82) is 0 Å². The molecule has 2 nitrogen and oxygen atoms in total. The first kappa shape index (κ1) is 40.8. The van der Waals surface area contributed by atoms with Crippen LogP contribution in [0.15, 0.2) is 279 Å². The van der Waals surface area contributed by atoms with Crippen molar-refractivity contribution in [3.05, 3.63) is 301 Å². The van der Waals surface area contributed by atoms with Gasteiger partial charge in [-0.3, -0.25) is 0 Å². The van der Waals surface area contributed by atoms with Crippen LogP contribution in [0, 0.1) is 0 Å². The number of rotatable bonds is 8. The second-order valence-corrected chi connectivity index (χ2v) is 18.8. The molecule has 1 aliphatic rings. The second-order valence-electron chi connectivity index (χ2n) is 18.8. The summed E-state index contributed by atoms with van der Waals surface area (Å²) in [4.78, 5) is 2.49. The zero-order valence-corrected chi connectivity index (χ0v) is 39.0. The van der Waals surface area contributed by atoms with Crippen molar-refractivity contribution >= 4 is 60.4 Å². The van der Waals surface area contributed by atoms with Gasteiger partial charge in [0.1, 0.15) is 0 Å². The zero-order valence-electron chi connectivity index (χ0n) is 39.0. The first-order valence-corrected chi connectivity index (χ1v) is 24.6. The van der Waals surface area contributed by atoms with Crippen LogP contribution in [0.5, 0.6) is 0 Å². The van der Waals surface area contributed by atoms with E-state index in [-0.39, 0.29) is 0 Å². The van der Waals surface area contributed by atoms with E-state index in [0.717, 1.165) is 22.7 Å². The molecule has 0 radical (unpaired) electrons. The molecule has 0 saturated heterocycles. The Morgan fingerprint density at radius 2 is 0.901 bits per heavy atom. The van der Waals surface area contributed by atoms with Gasteiger partial charge in [0.25, 0.3) is 0 Å². The van der Waals surface area contributed by atoms with Crippen LogP contribution in [0.3, 0.4) is 0 Å². The Bertz CT molecular complexity index is 4110. The van der Waals surface area contributed by atoms with Gasteiger partial charge in [0.15, 0.2) is 0 Å². The Kier molecular flexibility index (Phi) is 9.47. The largest absolute Gasteiger partial charge is 0.310 e. The summed E-state index contributed by atoms with van der Waals surface area (Å²) in [6.07, 6.45) is 0. The van der Waals surface area contributed by atoms with Crippen molar-refractivity contribution < 1.29 is 0 Å². The van der Waals surface area contributed by atoms with E-state index in [4.69, 9.17) is 0 Å². The third kappa shape index (κ3) is 6.35. The molecule has 0 N–H and O–H groups in total. The minimum absolute atomic E-state index is 0.534. The number of aromatic nitrogens is 1. The van der Waals surface area contributed by atoms with E-state index in [0.29, 0.717) is 0 Å². The van der Waals surface area contributed by atoms with E-state index < -0.39 is 5.41 Å². The van der Waals surface area contributed by atoms with Crippen molar-refractivity contribution in [2.75, 3.05) is 4.90 Å². The summed E-state index contributed by atoms with van der Waals surface area (Å²) < 4.78 is 2.38. The molecule has 1 aliphatic carbocycles. The molecule has 13 aromatic rings. The summed E-state index contributed by atoms with van der Waals surface area (Å²) in [6, 6.07) is 103. The van der Waals surface area contributed by atoms with Crippen molar-refractivity contribution in [1.82, 2.24) is 4.57 Å². The lowest BCUT2D eigenvalue weighted by atomic mass is 9.68. The molecular weight excluding hydrogens is 857 g/mol. The number of para-hydroxylation sites is 2. The minimum Gasteiger partial charge on any atom is -0.310 e. The third-order valence-electron chi connectivity index (χ3n) is 15.0. The standard InChI is InChI=1S/C69H46N2/c1-4-22-51(23-5-1)69(52-24-6-2-7-25-52)63-34-16-14-33-60(63)68-64(69)35-19-37-67(68)70(55-28-18-21-49(44-55)61-46-50-20-10-11-29-56(50)57-30-12-13-31-58(57)61)54-41-38-47(39-42-54)48-40-43-66-62(45-48)59-32-15-17-36-65(59)71(66)53-26-8-3-9-27-53/h1-46H. The Morgan fingerprint density at radius 1 is 0.310 bits per heavy atom. The van der Waals surface area contributed by atoms with E-state index in [1.165, 1.54) is 99.0 Å². The van der Waals surface area contributed by atoms with E-state index in [9.17, 15) is 0 Å². The summed E-state index contributed by atoms with van der Waals surface area (Å²) in [5.74, 6) is 0. The number of hydrogen-bond donors (Lipinski definition) is 0. The van der Waals surface area contributed by atoms with Gasteiger partial charge in [-0.25, -0.2) is 0 Å². The summed E-state index contributed by atoms with van der Waals surface area (Å²) in [5, 5.41) is 7.49. The summed E-state index contributed by atoms with van der Waals surface area (Å²) >= 11 is 0. The molecule has 1 aromatic heterocycles. The predicted molar refractivity (Wildman–Crippen MR) is 299 cm³/mol. The molecule has 0 fully saturated rings. The normalized spacial score (nSPS) is 12.6. The van der Waals surface area contributed by atoms with Crippen LogP contribution in [-0.4, -0.2) is 4.57 Å². The first-order valence-electron chi connectivity index (χ1n) is 24.6. The van der Waals surface area contributed by atoms with Crippen LogP contribution in [-0.2, 0) is 5.41 Å². The lowest BCUT2D eigenvalue weighted by molar-refractivity contribution is 0.768. The SMILES string of the molecule is c1ccc(-n2c3ccccc3c3cc(-c4ccc(N(c5cccc(-c6cc7ccccc7c7ccccc67)c5)c5cccc6c5-c5ccccc5C6(c5ccccc5)c5ccccc5)cc4)ccc32)cc1. The Hall–Kier alpha value is -9.24. The van der Waals surface area contributed by atoms with Gasteiger partial charge < -0.3 is 9.47 Å². The van der Waals surface area contributed by atoms with E-state index in [1.807, 2.05) is 0 Å². The Labute approximate surface area is 413 Å². The van der Waals surface area contributed by atoms with Crippen LogP contribution < -0.4 is 4.90 Å². The highest BCUT2D eigenvalue weighted by atomic mass is 15.1. The summed E-state index contributed by atoms with van der Waals surface area (Å²) in [5.41, 5.74) is 18.6. The van der Waals surface area contributed by atoms with Gasteiger partial charge in [-0.1, -0.05) is 212 Å². The first-order chi connectivity index (χ1) is 35.2. The number of nitrogens with zero attached hydrogens (tertiary/aromatic N) is 2. The van der Waals surface area contributed by atoms with Crippen molar-refractivity contribution in [2.45, 2.75) is 5.41 Å². The van der Waals surface area contributed by atoms with E-state index in [1.54, 1.807) is 0 Å². The molecule has 14 rings (SSSR count). The Morgan fingerprint density at radius 3 is 1.68 bits per heavy atom. The molecule has 0 bridgehead atoms. The average molecular weight is 903 g/mol. The van der Waals surface area contributed by atoms with Crippen molar-refractivity contribution in [3.63, 3.8) is 0 Å². The van der Waals surface area contributed by atoms with Crippen molar-refractivity contribution in [3.8, 4) is 39.1 Å². The second kappa shape index (κ2) is 16.5. The minimum atomic E-state index is -0.534. The van der Waals surface area contributed by atoms with Crippen LogP contribution in [0.1, 0.15) is 22.3 Å². The maximum atomic E-state index is 2.49. The maximum absolute atomic E-state index is 2.49. The Balaban J connectivity index is 0.980. The zero-order chi connectivity index (χ0) is 46.9. The summed E-state index contributed by atoms with van der Waals surface area (Å²) in [7, 11) is 0. The highest BCUT2D eigenvalue weighted by Gasteiger charge is 2.47. The number of hydrogen-bond acceptors (Lipinski definition) is 1. The van der Waals surface area contributed by atoms with Crippen LogP contribution in [0.4, 0.5) is 17.1 Å². The lowest BCUT2D eigenvalue weighted by Gasteiger charge is -2.34. The summed E-state index contributed by atoms with van der Waals surface area (Å²) in [6.45, 7) is 0. The average Bonchev–Trinajstić information content (AvgIpc) is 3.95. The molecule has 1 heterocycles. The molecule has 0 unspecified atom stereocenters. The van der Waals surface area contributed by atoms with E-state index in [2.05, 4.69) is 289 Å². The fourth-order valence-electron chi connectivity index (χ4n) is 12.0. The van der Waals surface area contributed by atoms with Gasteiger partial charge in [-0.2, -0.15) is 0 Å². The van der Waals surface area contributed by atoms with Gasteiger partial charge in [0.2, 0.25) is 0 Å². The maximum Gasteiger partial charge on any atom is 0.0714 e. The number of fused-ring (bicyclic) bond motifs is 9. The molecule has 0 saturated carbocycles. The molecule has 2 heteroatoms. The van der Waals surface area contributed by atoms with E-state index >= 15 is 0 Å². The highest BCUT2D eigenvalue weighted by Crippen LogP contribution is 2.59. The predicted octanol–water partition coefficient (Wildman–Crippen LogP) is 18.3. The van der Waals surface area contributed by atoms with Gasteiger partial charge in [0, 0.05) is 33.4 Å². The lowest BCUT2D eigenvalue weighted by Crippen LogP contribution is -2.28. The highest BCUT2D eigenvalue weighted by molar-refractivity contribution is 6.14. The topological polar surface area (TPSA) is 8.17 Å². The molecule has 332 valence electrons. The van der Waals surface area contributed by atoms with Crippen LogP contribution in [0.25, 0.3) is 82.4 Å². The number of anilines is 3.